The largest absolute Gasteiger partial charge is 0.242 e. The molecule has 0 unspecified atom stereocenters. The highest BCUT2D eigenvalue weighted by atomic mass is 35.5. The second-order valence-corrected chi connectivity index (χ2v) is 5.18. The molecule has 6 heteroatoms. The smallest absolute Gasteiger partial charge is 0.211 e. The maximum atomic E-state index is 10.0. The van der Waals surface area contributed by atoms with E-state index in [-0.39, 0.29) is 0 Å². The van der Waals surface area contributed by atoms with Crippen LogP contribution in [0.2, 0.25) is 0 Å². The third kappa shape index (κ3) is 2.62. The molecule has 0 radical (unpaired) electrons. The molecule has 0 atom stereocenters. The first-order valence-corrected chi connectivity index (χ1v) is 6.10. The average molecular weight is 244 g/mol. The Labute approximate surface area is 96.4 Å². The van der Waals surface area contributed by atoms with Crippen LogP contribution in [-0.2, 0) is 4.79 Å². The molecule has 0 aliphatic heterocycles. The van der Waals surface area contributed by atoms with Crippen molar-refractivity contribution in [2.24, 2.45) is 4.99 Å². The van der Waals surface area contributed by atoms with Crippen molar-refractivity contribution in [3.05, 3.63) is 5.01 Å². The Hall–Kier alpha value is -0.770. The van der Waals surface area contributed by atoms with E-state index >= 15 is 0 Å². The zero-order valence-electron chi connectivity index (χ0n) is 8.02. The summed E-state index contributed by atoms with van der Waals surface area (Å²) in [7, 11) is 0. The van der Waals surface area contributed by atoms with Gasteiger partial charge in [-0.2, -0.15) is 0 Å². The fourth-order valence-electron chi connectivity index (χ4n) is 1.78. The number of nitrogens with zero attached hydrogens (tertiary/aromatic N) is 3. The highest BCUT2D eigenvalue weighted by molar-refractivity contribution is 7.15. The minimum absolute atomic E-state index is 0.307. The number of carbonyl (C=O) groups excluding carboxylic acids is 1. The topological polar surface area (TPSA) is 55.2 Å². The quantitative estimate of drug-likeness (QED) is 0.456. The van der Waals surface area contributed by atoms with Crippen LogP contribution in [0.4, 0.5) is 5.13 Å². The molecule has 0 aromatic carbocycles. The highest BCUT2D eigenvalue weighted by Gasteiger charge is 2.23. The average Bonchev–Trinajstić information content (AvgIpc) is 2.68. The molecule has 1 fully saturated rings. The molecule has 0 saturated heterocycles. The van der Waals surface area contributed by atoms with E-state index in [0.29, 0.717) is 16.4 Å². The number of rotatable bonds is 2. The second kappa shape index (κ2) is 4.84. The van der Waals surface area contributed by atoms with E-state index in [2.05, 4.69) is 15.2 Å². The summed E-state index contributed by atoms with van der Waals surface area (Å²) in [4.78, 5) is 13.5. The third-order valence-corrected chi connectivity index (χ3v) is 3.99. The van der Waals surface area contributed by atoms with Crippen molar-refractivity contribution in [2.45, 2.75) is 37.0 Å². The van der Waals surface area contributed by atoms with Gasteiger partial charge < -0.3 is 0 Å². The minimum Gasteiger partial charge on any atom is -0.211 e. The van der Waals surface area contributed by atoms with Crippen molar-refractivity contribution in [1.82, 2.24) is 10.2 Å². The van der Waals surface area contributed by atoms with Crippen LogP contribution in [-0.4, -0.2) is 21.7 Å². The fourth-order valence-corrected chi connectivity index (χ4v) is 2.86. The molecule has 15 heavy (non-hydrogen) atoms. The van der Waals surface area contributed by atoms with Gasteiger partial charge in [-0.1, -0.05) is 11.3 Å². The maximum Gasteiger partial charge on any atom is 0.242 e. The molecular weight excluding hydrogens is 234 g/mol. The van der Waals surface area contributed by atoms with Gasteiger partial charge in [0, 0.05) is 11.3 Å². The van der Waals surface area contributed by atoms with Crippen LogP contribution in [0.25, 0.3) is 0 Å². The van der Waals surface area contributed by atoms with Gasteiger partial charge in [0.1, 0.15) is 5.01 Å². The molecule has 0 amide bonds. The van der Waals surface area contributed by atoms with Gasteiger partial charge in [0.25, 0.3) is 0 Å². The lowest BCUT2D eigenvalue weighted by atomic mass is 9.89. The molecule has 1 heterocycles. The van der Waals surface area contributed by atoms with E-state index in [0.717, 1.165) is 30.7 Å². The summed E-state index contributed by atoms with van der Waals surface area (Å²) in [6.45, 7) is 0. The van der Waals surface area contributed by atoms with Crippen LogP contribution >= 0.6 is 22.9 Å². The fraction of sp³-hybridized carbons (Fsp3) is 0.667. The minimum atomic E-state index is 0.307. The number of aromatic nitrogens is 2. The highest BCUT2D eigenvalue weighted by Crippen LogP contribution is 2.37. The summed E-state index contributed by atoms with van der Waals surface area (Å²) < 4.78 is 0. The Morgan fingerprint density at radius 3 is 2.73 bits per heavy atom. The van der Waals surface area contributed by atoms with Gasteiger partial charge in [-0.15, -0.1) is 26.8 Å². The number of hydrogen-bond acceptors (Lipinski definition) is 5. The molecule has 0 N–H and O–H groups in total. The molecule has 80 valence electrons. The summed E-state index contributed by atoms with van der Waals surface area (Å²) in [6.07, 6.45) is 5.62. The molecule has 1 aliphatic carbocycles. The first-order chi connectivity index (χ1) is 7.29. The molecule has 4 nitrogen and oxygen atoms in total. The van der Waals surface area contributed by atoms with Crippen molar-refractivity contribution < 1.29 is 4.79 Å². The van der Waals surface area contributed by atoms with Crippen LogP contribution < -0.4 is 0 Å². The Kier molecular flexibility index (Phi) is 3.46. The standard InChI is InChI=1S/C9H10ClN3OS/c10-7-3-1-6(2-4-7)8-12-13-9(15-8)11-5-14/h6-7H,1-4H2. The summed E-state index contributed by atoms with van der Waals surface area (Å²) >= 11 is 7.39. The predicted molar refractivity (Wildman–Crippen MR) is 58.5 cm³/mol. The van der Waals surface area contributed by atoms with Crippen molar-refractivity contribution in [1.29, 1.82) is 0 Å². The molecule has 1 aromatic heterocycles. The Bertz CT molecular complexity index is 380. The summed E-state index contributed by atoms with van der Waals surface area (Å²) in [5, 5.41) is 9.51. The van der Waals surface area contributed by atoms with E-state index in [4.69, 9.17) is 11.6 Å². The SMILES string of the molecule is O=C=Nc1nnc(C2CCC(Cl)CC2)s1. The Morgan fingerprint density at radius 2 is 2.07 bits per heavy atom. The summed E-state index contributed by atoms with van der Waals surface area (Å²) in [6, 6.07) is 0. The predicted octanol–water partition coefficient (Wildman–Crippen LogP) is 2.77. The third-order valence-electron chi connectivity index (χ3n) is 2.58. The van der Waals surface area contributed by atoms with Crippen molar-refractivity contribution in [3.8, 4) is 0 Å². The molecule has 1 aliphatic rings. The van der Waals surface area contributed by atoms with Crippen LogP contribution in [0.1, 0.15) is 36.6 Å². The van der Waals surface area contributed by atoms with Gasteiger partial charge >= 0.3 is 0 Å². The number of halogens is 1. The molecule has 1 aromatic rings. The second-order valence-electron chi connectivity index (χ2n) is 3.57. The van der Waals surface area contributed by atoms with Gasteiger partial charge in [-0.3, -0.25) is 0 Å². The number of aliphatic imine (C=N–C) groups is 1. The number of hydrogen-bond donors (Lipinski definition) is 0. The maximum absolute atomic E-state index is 10.0. The van der Waals surface area contributed by atoms with Crippen molar-refractivity contribution >= 4 is 34.1 Å². The Morgan fingerprint density at radius 1 is 1.33 bits per heavy atom. The molecular formula is C9H10ClN3OS. The molecule has 2 rings (SSSR count). The van der Waals surface area contributed by atoms with E-state index in [1.807, 2.05) is 0 Å². The van der Waals surface area contributed by atoms with Gasteiger partial charge in [0.15, 0.2) is 0 Å². The molecule has 1 saturated carbocycles. The lowest BCUT2D eigenvalue weighted by Crippen LogP contribution is -2.12. The zero-order chi connectivity index (χ0) is 10.7. The summed E-state index contributed by atoms with van der Waals surface area (Å²) in [5.41, 5.74) is 0. The Balaban J connectivity index is 2.06. The van der Waals surface area contributed by atoms with Gasteiger partial charge in [-0.25, -0.2) is 4.79 Å². The first-order valence-electron chi connectivity index (χ1n) is 4.85. The molecule has 0 spiro atoms. The zero-order valence-corrected chi connectivity index (χ0v) is 9.59. The number of alkyl halides is 1. The van der Waals surface area contributed by atoms with Crippen molar-refractivity contribution in [3.63, 3.8) is 0 Å². The summed E-state index contributed by atoms with van der Waals surface area (Å²) in [5.74, 6) is 0.438. The first kappa shape index (κ1) is 10.7. The monoisotopic (exact) mass is 243 g/mol. The van der Waals surface area contributed by atoms with Crippen LogP contribution in [0.3, 0.4) is 0 Å². The van der Waals surface area contributed by atoms with Gasteiger partial charge in [0.05, 0.1) is 0 Å². The molecule has 0 bridgehead atoms. The van der Waals surface area contributed by atoms with E-state index in [1.54, 1.807) is 0 Å². The number of isocyanates is 1. The van der Waals surface area contributed by atoms with Crippen LogP contribution in [0.15, 0.2) is 4.99 Å². The van der Waals surface area contributed by atoms with E-state index in [9.17, 15) is 4.79 Å². The van der Waals surface area contributed by atoms with Crippen LogP contribution in [0.5, 0.6) is 0 Å². The van der Waals surface area contributed by atoms with Gasteiger partial charge in [-0.05, 0) is 25.7 Å². The lowest BCUT2D eigenvalue weighted by Gasteiger charge is -2.22. The van der Waals surface area contributed by atoms with Crippen molar-refractivity contribution in [2.75, 3.05) is 0 Å². The van der Waals surface area contributed by atoms with Gasteiger partial charge in [0.2, 0.25) is 11.2 Å². The lowest BCUT2D eigenvalue weighted by molar-refractivity contribution is 0.446. The van der Waals surface area contributed by atoms with E-state index in [1.165, 1.54) is 17.4 Å². The normalized spacial score (nSPS) is 25.9. The van der Waals surface area contributed by atoms with E-state index < -0.39 is 0 Å². The van der Waals surface area contributed by atoms with Crippen LogP contribution in [0, 0.1) is 0 Å².